The van der Waals surface area contributed by atoms with Crippen molar-refractivity contribution >= 4 is 10.9 Å². The van der Waals surface area contributed by atoms with Gasteiger partial charge in [-0.2, -0.15) is 0 Å². The molecule has 0 atom stereocenters. The van der Waals surface area contributed by atoms with E-state index in [1.54, 1.807) is 0 Å². The molecule has 0 unspecified atom stereocenters. The van der Waals surface area contributed by atoms with Gasteiger partial charge in [0.2, 0.25) is 0 Å². The van der Waals surface area contributed by atoms with E-state index in [4.69, 9.17) is 0 Å². The van der Waals surface area contributed by atoms with E-state index in [1.165, 1.54) is 57.8 Å². The molecule has 0 saturated heterocycles. The molecular weight excluding hydrogens is 460 g/mol. The van der Waals surface area contributed by atoms with Gasteiger partial charge < -0.3 is 21.5 Å². The Bertz CT molecular complexity index is 1010. The maximum Gasteiger partial charge on any atom is 0.190 e. The van der Waals surface area contributed by atoms with Gasteiger partial charge in [0.1, 0.15) is 6.54 Å². The number of unbranched alkanes of at least 4 members (excludes halogenated alkanes) is 8. The van der Waals surface area contributed by atoms with Crippen molar-refractivity contribution in [3.8, 4) is 11.3 Å². The van der Waals surface area contributed by atoms with E-state index in [1.807, 2.05) is 24.3 Å². The molecule has 0 saturated carbocycles. The minimum Gasteiger partial charge on any atom is -1.00 e. The van der Waals surface area contributed by atoms with Crippen molar-refractivity contribution in [3.05, 3.63) is 65.1 Å². The maximum absolute atomic E-state index is 12.9. The molecule has 2 heterocycles. The summed E-state index contributed by atoms with van der Waals surface area (Å²) in [7, 11) is 0. The number of para-hydroxylation sites is 1. The van der Waals surface area contributed by atoms with Crippen LogP contribution in [0.15, 0.2) is 59.7 Å². The molecule has 0 aliphatic carbocycles. The number of aromatic nitrogens is 2. The Kier molecular flexibility index (Phi) is 11.7. The van der Waals surface area contributed by atoms with Crippen molar-refractivity contribution in [3.63, 3.8) is 0 Å². The number of nitrogens with zero attached hydrogens (tertiary/aromatic N) is 2. The number of hydrogen-bond donors (Lipinski definition) is 0. The zero-order valence-electron chi connectivity index (χ0n) is 19.9. The molecular formula is C28H39BrN2O. The molecule has 0 radical (unpaired) electrons. The highest BCUT2D eigenvalue weighted by molar-refractivity contribution is 5.82. The van der Waals surface area contributed by atoms with Crippen LogP contribution in [0, 0.1) is 0 Å². The Morgan fingerprint density at radius 3 is 2.25 bits per heavy atom. The fourth-order valence-corrected chi connectivity index (χ4v) is 4.39. The van der Waals surface area contributed by atoms with Gasteiger partial charge in [0.15, 0.2) is 17.8 Å². The minimum absolute atomic E-state index is 0. The Morgan fingerprint density at radius 2 is 1.50 bits per heavy atom. The number of benzene rings is 1. The van der Waals surface area contributed by atoms with Crippen LogP contribution in [0.1, 0.15) is 78.1 Å². The number of halogens is 1. The summed E-state index contributed by atoms with van der Waals surface area (Å²) in [4.78, 5) is 12.9. The molecule has 0 aliphatic heterocycles. The van der Waals surface area contributed by atoms with Gasteiger partial charge in [-0.1, -0.05) is 70.9 Å². The lowest BCUT2D eigenvalue weighted by atomic mass is 10.1. The summed E-state index contributed by atoms with van der Waals surface area (Å²) >= 11 is 0. The van der Waals surface area contributed by atoms with Crippen molar-refractivity contribution in [1.82, 2.24) is 4.57 Å². The molecule has 0 amide bonds. The van der Waals surface area contributed by atoms with Crippen molar-refractivity contribution in [1.29, 1.82) is 0 Å². The average Bonchev–Trinajstić information content (AvgIpc) is 2.80. The van der Waals surface area contributed by atoms with Gasteiger partial charge in [-0.05, 0) is 31.0 Å². The lowest BCUT2D eigenvalue weighted by Crippen LogP contribution is -3.00. The van der Waals surface area contributed by atoms with Gasteiger partial charge in [-0.3, -0.25) is 4.79 Å². The first-order chi connectivity index (χ1) is 15.2. The summed E-state index contributed by atoms with van der Waals surface area (Å²) < 4.78 is 4.65. The molecule has 32 heavy (non-hydrogen) atoms. The quantitative estimate of drug-likeness (QED) is 0.259. The van der Waals surface area contributed by atoms with Crippen LogP contribution < -0.4 is 27.0 Å². The molecule has 3 aromatic rings. The van der Waals surface area contributed by atoms with Gasteiger partial charge in [0.05, 0.1) is 16.8 Å². The molecule has 0 aliphatic rings. The van der Waals surface area contributed by atoms with Gasteiger partial charge >= 0.3 is 0 Å². The van der Waals surface area contributed by atoms with E-state index in [9.17, 15) is 4.79 Å². The second-order valence-electron chi connectivity index (χ2n) is 8.72. The highest BCUT2D eigenvalue weighted by Crippen LogP contribution is 2.23. The van der Waals surface area contributed by atoms with E-state index < -0.39 is 0 Å². The number of pyridine rings is 2. The van der Waals surface area contributed by atoms with E-state index in [-0.39, 0.29) is 22.4 Å². The molecule has 1 aromatic carbocycles. The third-order valence-electron chi connectivity index (χ3n) is 6.18. The summed E-state index contributed by atoms with van der Waals surface area (Å²) in [5, 5.41) is 0.819. The predicted octanol–water partition coefficient (Wildman–Crippen LogP) is 3.90. The first-order valence-corrected chi connectivity index (χ1v) is 12.4. The van der Waals surface area contributed by atoms with Crippen LogP contribution >= 0.6 is 0 Å². The fraction of sp³-hybridized carbons (Fsp3) is 0.500. The molecule has 3 rings (SSSR count). The van der Waals surface area contributed by atoms with Gasteiger partial charge in [0, 0.05) is 30.5 Å². The fourth-order valence-electron chi connectivity index (χ4n) is 4.39. The molecule has 0 N–H and O–H groups in total. The normalized spacial score (nSPS) is 10.9. The monoisotopic (exact) mass is 498 g/mol. The minimum atomic E-state index is 0. The van der Waals surface area contributed by atoms with Crippen LogP contribution in [0.4, 0.5) is 0 Å². The van der Waals surface area contributed by atoms with Crippen molar-refractivity contribution < 1.29 is 21.5 Å². The van der Waals surface area contributed by atoms with Crippen molar-refractivity contribution in [2.45, 2.75) is 91.1 Å². The van der Waals surface area contributed by atoms with E-state index in [0.717, 1.165) is 41.7 Å². The average molecular weight is 500 g/mol. The lowest BCUT2D eigenvalue weighted by molar-refractivity contribution is -0.696. The Balaban J connectivity index is 0.00000363. The molecule has 3 nitrogen and oxygen atoms in total. The highest BCUT2D eigenvalue weighted by atomic mass is 79.9. The summed E-state index contributed by atoms with van der Waals surface area (Å²) in [6.45, 7) is 6.49. The van der Waals surface area contributed by atoms with Crippen molar-refractivity contribution in [2.75, 3.05) is 0 Å². The van der Waals surface area contributed by atoms with Crippen LogP contribution in [-0.4, -0.2) is 4.57 Å². The molecule has 174 valence electrons. The van der Waals surface area contributed by atoms with E-state index in [0.29, 0.717) is 0 Å². The first kappa shape index (κ1) is 26.3. The number of aryl methyl sites for hydroxylation is 2. The second-order valence-corrected chi connectivity index (χ2v) is 8.72. The molecule has 0 fully saturated rings. The highest BCUT2D eigenvalue weighted by Gasteiger charge is 2.13. The third-order valence-corrected chi connectivity index (χ3v) is 6.18. The lowest BCUT2D eigenvalue weighted by Gasteiger charge is -2.17. The SMILES string of the molecule is CCCCCCCn1c(-c2ccc[n+](CCCCCCC)c2)cc(=O)c2ccccc21.[Br-]. The number of hydrogen-bond acceptors (Lipinski definition) is 1. The van der Waals surface area contributed by atoms with Crippen LogP contribution in [0.25, 0.3) is 22.2 Å². The molecule has 4 heteroatoms. The predicted molar refractivity (Wildman–Crippen MR) is 131 cm³/mol. The second kappa shape index (κ2) is 14.3. The van der Waals surface area contributed by atoms with Gasteiger partial charge in [-0.15, -0.1) is 0 Å². The van der Waals surface area contributed by atoms with E-state index >= 15 is 0 Å². The smallest absolute Gasteiger partial charge is 0.190 e. The molecule has 0 bridgehead atoms. The molecule has 0 spiro atoms. The van der Waals surface area contributed by atoms with Crippen LogP contribution in [0.2, 0.25) is 0 Å². The Hall–Kier alpha value is -1.94. The summed E-state index contributed by atoms with van der Waals surface area (Å²) in [6.07, 6.45) is 17.0. The van der Waals surface area contributed by atoms with Crippen LogP contribution in [0.5, 0.6) is 0 Å². The van der Waals surface area contributed by atoms with Gasteiger partial charge in [0.25, 0.3) is 0 Å². The number of rotatable bonds is 13. The molecule has 2 aromatic heterocycles. The zero-order chi connectivity index (χ0) is 21.9. The number of fused-ring (bicyclic) bond motifs is 1. The van der Waals surface area contributed by atoms with Crippen LogP contribution in [-0.2, 0) is 13.1 Å². The zero-order valence-corrected chi connectivity index (χ0v) is 21.4. The first-order valence-electron chi connectivity index (χ1n) is 12.4. The maximum atomic E-state index is 12.9. The Morgan fingerprint density at radius 1 is 0.812 bits per heavy atom. The summed E-state index contributed by atoms with van der Waals surface area (Å²) in [6, 6.07) is 14.2. The van der Waals surface area contributed by atoms with Gasteiger partial charge in [-0.25, -0.2) is 4.57 Å². The van der Waals surface area contributed by atoms with Crippen molar-refractivity contribution in [2.24, 2.45) is 0 Å². The summed E-state index contributed by atoms with van der Waals surface area (Å²) in [5.74, 6) is 0. The standard InChI is InChI=1S/C28H39N2O.BrH/c1-3-5-7-9-13-19-29-20-15-16-24(23-29)27-22-28(31)25-17-11-12-18-26(25)30(27)21-14-10-8-6-4-2;/h11-12,15-18,20,22-23H,3-10,13-14,19,21H2,1-2H3;1H/q+1;/p-1. The van der Waals surface area contributed by atoms with E-state index in [2.05, 4.69) is 53.6 Å². The Labute approximate surface area is 204 Å². The largest absolute Gasteiger partial charge is 1.00 e. The third kappa shape index (κ3) is 7.30. The van der Waals surface area contributed by atoms with Crippen LogP contribution in [0.3, 0.4) is 0 Å². The topological polar surface area (TPSA) is 25.9 Å². The summed E-state index contributed by atoms with van der Waals surface area (Å²) in [5.41, 5.74) is 3.34.